The first-order valence-corrected chi connectivity index (χ1v) is 13.0. The SMILES string of the molecule is CC(=O)OCC(OC(C)=O)c1cc(C(=O)CN(Cc2ccccc2)C(C)(C)C)ccc1OCc1ccccc1. The van der Waals surface area contributed by atoms with Crippen LogP contribution in [0.25, 0.3) is 0 Å². The number of hydrogen-bond donors (Lipinski definition) is 0. The number of ketones is 1. The van der Waals surface area contributed by atoms with Gasteiger partial charge in [0.1, 0.15) is 19.0 Å². The highest BCUT2D eigenvalue weighted by Crippen LogP contribution is 2.31. The molecule has 0 saturated carbocycles. The van der Waals surface area contributed by atoms with Crippen molar-refractivity contribution in [1.29, 1.82) is 0 Å². The summed E-state index contributed by atoms with van der Waals surface area (Å²) in [5.74, 6) is -0.705. The molecule has 0 bridgehead atoms. The Morgan fingerprint density at radius 3 is 2.00 bits per heavy atom. The van der Waals surface area contributed by atoms with Crippen LogP contribution in [0.4, 0.5) is 0 Å². The van der Waals surface area contributed by atoms with Crippen molar-refractivity contribution in [2.75, 3.05) is 13.2 Å². The summed E-state index contributed by atoms with van der Waals surface area (Å²) in [6.45, 7) is 9.66. The standard InChI is InChI=1S/C32H37NO6/c1-23(34)37-22-31(39-24(2)35)28-18-27(16-17-30(28)38-21-26-14-10-7-11-15-26)29(36)20-33(32(3,4)5)19-25-12-8-6-9-13-25/h6-18,31H,19-22H2,1-5H3. The van der Waals surface area contributed by atoms with Gasteiger partial charge in [-0.1, -0.05) is 60.7 Å². The molecule has 39 heavy (non-hydrogen) atoms. The molecule has 3 aromatic carbocycles. The van der Waals surface area contributed by atoms with Crippen LogP contribution in [0, 0.1) is 0 Å². The number of ether oxygens (including phenoxy) is 3. The van der Waals surface area contributed by atoms with E-state index < -0.39 is 18.0 Å². The van der Waals surface area contributed by atoms with Crippen LogP contribution in [0.15, 0.2) is 78.9 Å². The van der Waals surface area contributed by atoms with Gasteiger partial charge in [-0.15, -0.1) is 0 Å². The number of carbonyl (C=O) groups is 3. The van der Waals surface area contributed by atoms with Gasteiger partial charge < -0.3 is 14.2 Å². The molecule has 0 heterocycles. The average Bonchev–Trinajstić information content (AvgIpc) is 2.89. The molecule has 7 nitrogen and oxygen atoms in total. The summed E-state index contributed by atoms with van der Waals surface area (Å²) < 4.78 is 16.8. The first kappa shape index (κ1) is 29.6. The van der Waals surface area contributed by atoms with Crippen LogP contribution in [0.2, 0.25) is 0 Å². The molecule has 0 aliphatic heterocycles. The van der Waals surface area contributed by atoms with E-state index in [2.05, 4.69) is 25.7 Å². The van der Waals surface area contributed by atoms with E-state index in [1.54, 1.807) is 18.2 Å². The smallest absolute Gasteiger partial charge is 0.303 e. The first-order valence-electron chi connectivity index (χ1n) is 13.0. The maximum Gasteiger partial charge on any atom is 0.303 e. The molecule has 206 valence electrons. The Labute approximate surface area is 230 Å². The summed E-state index contributed by atoms with van der Waals surface area (Å²) in [4.78, 5) is 39.2. The third-order valence-electron chi connectivity index (χ3n) is 6.16. The number of esters is 2. The summed E-state index contributed by atoms with van der Waals surface area (Å²) in [5.41, 5.74) is 2.71. The Morgan fingerprint density at radius 1 is 0.821 bits per heavy atom. The molecule has 0 saturated heterocycles. The third kappa shape index (κ3) is 9.37. The molecule has 1 atom stereocenters. The summed E-state index contributed by atoms with van der Waals surface area (Å²) in [6.07, 6.45) is -0.937. The number of hydrogen-bond acceptors (Lipinski definition) is 7. The van der Waals surface area contributed by atoms with Crippen molar-refractivity contribution in [1.82, 2.24) is 4.90 Å². The van der Waals surface area contributed by atoms with Crippen LogP contribution in [-0.2, 0) is 32.2 Å². The molecule has 0 N–H and O–H groups in total. The molecule has 0 spiro atoms. The van der Waals surface area contributed by atoms with E-state index in [9.17, 15) is 14.4 Å². The first-order chi connectivity index (χ1) is 18.5. The van der Waals surface area contributed by atoms with Crippen molar-refractivity contribution in [3.63, 3.8) is 0 Å². The van der Waals surface area contributed by atoms with Gasteiger partial charge in [0.25, 0.3) is 0 Å². The van der Waals surface area contributed by atoms with E-state index >= 15 is 0 Å². The van der Waals surface area contributed by atoms with Gasteiger partial charge in [0.2, 0.25) is 0 Å². The molecule has 0 aromatic heterocycles. The van der Waals surface area contributed by atoms with E-state index in [1.165, 1.54) is 13.8 Å². The Bertz CT molecular complexity index is 1250. The maximum atomic E-state index is 13.6. The Balaban J connectivity index is 1.92. The largest absolute Gasteiger partial charge is 0.488 e. The molecule has 1 unspecified atom stereocenters. The Hall–Kier alpha value is -3.97. The lowest BCUT2D eigenvalue weighted by atomic mass is 9.99. The van der Waals surface area contributed by atoms with Crippen LogP contribution < -0.4 is 4.74 Å². The Kier molecular flexibility index (Phi) is 10.4. The van der Waals surface area contributed by atoms with E-state index in [4.69, 9.17) is 14.2 Å². The molecule has 0 radical (unpaired) electrons. The zero-order valence-corrected chi connectivity index (χ0v) is 23.3. The van der Waals surface area contributed by atoms with Gasteiger partial charge in [0, 0.05) is 37.1 Å². The summed E-state index contributed by atoms with van der Waals surface area (Å²) in [5, 5.41) is 0. The van der Waals surface area contributed by atoms with E-state index in [1.807, 2.05) is 60.7 Å². The van der Waals surface area contributed by atoms with Crippen molar-refractivity contribution in [3.05, 3.63) is 101 Å². The predicted molar refractivity (Wildman–Crippen MR) is 149 cm³/mol. The lowest BCUT2D eigenvalue weighted by Gasteiger charge is -2.35. The normalized spacial score (nSPS) is 12.1. The van der Waals surface area contributed by atoms with Crippen LogP contribution in [0.1, 0.15) is 67.8 Å². The van der Waals surface area contributed by atoms with Gasteiger partial charge in [0.05, 0.1) is 6.54 Å². The maximum absolute atomic E-state index is 13.6. The number of carbonyl (C=O) groups excluding carboxylic acids is 3. The molecule has 3 rings (SSSR count). The van der Waals surface area contributed by atoms with Crippen LogP contribution in [0.3, 0.4) is 0 Å². The minimum absolute atomic E-state index is 0.0919. The minimum Gasteiger partial charge on any atom is -0.488 e. The second kappa shape index (κ2) is 13.7. The monoisotopic (exact) mass is 531 g/mol. The van der Waals surface area contributed by atoms with Crippen molar-refractivity contribution in [2.24, 2.45) is 0 Å². The summed E-state index contributed by atoms with van der Waals surface area (Å²) in [7, 11) is 0. The fourth-order valence-corrected chi connectivity index (χ4v) is 4.02. The zero-order chi connectivity index (χ0) is 28.4. The quantitative estimate of drug-likeness (QED) is 0.212. The van der Waals surface area contributed by atoms with E-state index in [-0.39, 0.29) is 31.1 Å². The van der Waals surface area contributed by atoms with Crippen LogP contribution in [0.5, 0.6) is 5.75 Å². The fourth-order valence-electron chi connectivity index (χ4n) is 4.02. The lowest BCUT2D eigenvalue weighted by Crippen LogP contribution is -2.43. The van der Waals surface area contributed by atoms with Gasteiger partial charge in [-0.05, 0) is 50.1 Å². The topological polar surface area (TPSA) is 82.1 Å². The molecular weight excluding hydrogens is 494 g/mol. The highest BCUT2D eigenvalue weighted by atomic mass is 16.6. The lowest BCUT2D eigenvalue weighted by molar-refractivity contribution is -0.156. The van der Waals surface area contributed by atoms with Crippen molar-refractivity contribution < 1.29 is 28.6 Å². The van der Waals surface area contributed by atoms with Crippen LogP contribution in [-0.4, -0.2) is 41.3 Å². The summed E-state index contributed by atoms with van der Waals surface area (Å²) >= 11 is 0. The number of rotatable bonds is 12. The second-order valence-corrected chi connectivity index (χ2v) is 10.4. The summed E-state index contributed by atoms with van der Waals surface area (Å²) in [6, 6.07) is 24.7. The molecular formula is C32H37NO6. The van der Waals surface area contributed by atoms with E-state index in [0.29, 0.717) is 23.4 Å². The molecule has 0 aliphatic rings. The van der Waals surface area contributed by atoms with Gasteiger partial charge in [-0.3, -0.25) is 19.3 Å². The molecule has 0 fully saturated rings. The van der Waals surface area contributed by atoms with E-state index in [0.717, 1.165) is 11.1 Å². The van der Waals surface area contributed by atoms with Gasteiger partial charge in [0.15, 0.2) is 11.9 Å². The molecule has 7 heteroatoms. The van der Waals surface area contributed by atoms with Gasteiger partial charge in [-0.25, -0.2) is 0 Å². The third-order valence-corrected chi connectivity index (χ3v) is 6.16. The number of nitrogens with zero attached hydrogens (tertiary/aromatic N) is 1. The Morgan fingerprint density at radius 2 is 1.44 bits per heavy atom. The van der Waals surface area contributed by atoms with Gasteiger partial charge >= 0.3 is 11.9 Å². The second-order valence-electron chi connectivity index (χ2n) is 10.4. The number of benzene rings is 3. The minimum atomic E-state index is -0.937. The number of Topliss-reactive ketones (excluding diaryl/α,β-unsaturated/α-hetero) is 1. The fraction of sp³-hybridized carbons (Fsp3) is 0.344. The highest BCUT2D eigenvalue weighted by molar-refractivity contribution is 5.98. The van der Waals surface area contributed by atoms with Crippen molar-refractivity contribution >= 4 is 17.7 Å². The molecule has 0 aliphatic carbocycles. The predicted octanol–water partition coefficient (Wildman–Crippen LogP) is 5.92. The van der Waals surface area contributed by atoms with Crippen LogP contribution >= 0.6 is 0 Å². The van der Waals surface area contributed by atoms with Gasteiger partial charge in [-0.2, -0.15) is 0 Å². The van der Waals surface area contributed by atoms with Crippen molar-refractivity contribution in [3.8, 4) is 5.75 Å². The molecule has 0 amide bonds. The highest BCUT2D eigenvalue weighted by Gasteiger charge is 2.27. The zero-order valence-electron chi connectivity index (χ0n) is 23.3. The van der Waals surface area contributed by atoms with Crippen molar-refractivity contribution in [2.45, 2.75) is 59.4 Å². The molecule has 3 aromatic rings. The average molecular weight is 532 g/mol.